The van der Waals surface area contributed by atoms with E-state index in [0.717, 1.165) is 69.1 Å². The molecule has 6 nitrogen and oxygen atoms in total. The smallest absolute Gasteiger partial charge is 0.181 e. The molecule has 1 saturated carbocycles. The Labute approximate surface area is 217 Å². The van der Waals surface area contributed by atoms with Crippen molar-refractivity contribution in [2.75, 3.05) is 0 Å². The molecule has 0 unspecified atom stereocenters. The second-order valence-corrected chi connectivity index (χ2v) is 10.0. The summed E-state index contributed by atoms with van der Waals surface area (Å²) in [5.74, 6) is 1.50. The molecule has 4 heterocycles. The third-order valence-corrected chi connectivity index (χ3v) is 7.59. The van der Waals surface area contributed by atoms with E-state index in [-0.39, 0.29) is 0 Å². The Morgan fingerprint density at radius 3 is 2.86 bits per heavy atom. The number of imidazole rings is 1. The first-order valence-corrected chi connectivity index (χ1v) is 13.3. The monoisotopic (exact) mass is 488 g/mol. The minimum Gasteiger partial charge on any atom is -0.337 e. The summed E-state index contributed by atoms with van der Waals surface area (Å²) >= 11 is 0. The number of allylic oxidation sites excluding steroid dienone is 9. The van der Waals surface area contributed by atoms with Crippen LogP contribution in [0.4, 0.5) is 0 Å². The highest BCUT2D eigenvalue weighted by molar-refractivity contribution is 5.96. The summed E-state index contributed by atoms with van der Waals surface area (Å²) in [5, 5.41) is 8.56. The van der Waals surface area contributed by atoms with Gasteiger partial charge in [0.15, 0.2) is 11.5 Å². The van der Waals surface area contributed by atoms with Crippen molar-refractivity contribution in [3.8, 4) is 11.5 Å². The van der Waals surface area contributed by atoms with Gasteiger partial charge in [-0.15, -0.1) is 0 Å². The van der Waals surface area contributed by atoms with Gasteiger partial charge in [-0.3, -0.25) is 10.1 Å². The number of aromatic nitrogens is 6. The van der Waals surface area contributed by atoms with Crippen LogP contribution in [-0.4, -0.2) is 30.1 Å². The Bertz CT molecular complexity index is 1590. The van der Waals surface area contributed by atoms with Crippen molar-refractivity contribution in [3.63, 3.8) is 0 Å². The lowest BCUT2D eigenvalue weighted by molar-refractivity contribution is 0.358. The first-order chi connectivity index (χ1) is 18.2. The molecule has 2 N–H and O–H groups in total. The number of fused-ring (bicyclic) bond motifs is 2. The first kappa shape index (κ1) is 23.3. The molecule has 6 heteroatoms. The van der Waals surface area contributed by atoms with Crippen molar-refractivity contribution in [1.29, 1.82) is 0 Å². The second-order valence-electron chi connectivity index (χ2n) is 10.0. The van der Waals surface area contributed by atoms with Gasteiger partial charge >= 0.3 is 0 Å². The minimum atomic E-state index is 0.671. The maximum Gasteiger partial charge on any atom is 0.181 e. The average Bonchev–Trinajstić information content (AvgIpc) is 3.70. The molecule has 186 valence electrons. The van der Waals surface area contributed by atoms with E-state index < -0.39 is 0 Å². The Hall–Kier alpha value is -4.06. The topological polar surface area (TPSA) is 83.1 Å². The van der Waals surface area contributed by atoms with Crippen LogP contribution in [0.15, 0.2) is 73.1 Å². The van der Waals surface area contributed by atoms with Crippen molar-refractivity contribution >= 4 is 33.2 Å². The Kier molecular flexibility index (Phi) is 6.39. The molecular weight excluding hydrogens is 456 g/mol. The van der Waals surface area contributed by atoms with Gasteiger partial charge in [0.25, 0.3) is 0 Å². The summed E-state index contributed by atoms with van der Waals surface area (Å²) in [6, 6.07) is 4.12. The lowest BCUT2D eigenvalue weighted by Gasteiger charge is -2.22. The molecule has 0 amide bonds. The van der Waals surface area contributed by atoms with Gasteiger partial charge in [0.1, 0.15) is 11.2 Å². The van der Waals surface area contributed by atoms with Crippen LogP contribution in [0.1, 0.15) is 63.1 Å². The van der Waals surface area contributed by atoms with Crippen LogP contribution < -0.4 is 0 Å². The van der Waals surface area contributed by atoms with Crippen LogP contribution >= 0.6 is 0 Å². The second kappa shape index (κ2) is 10.1. The van der Waals surface area contributed by atoms with Gasteiger partial charge in [0.2, 0.25) is 0 Å². The van der Waals surface area contributed by atoms with Crippen LogP contribution in [0, 0.1) is 5.92 Å². The van der Waals surface area contributed by atoms with Crippen molar-refractivity contribution in [2.45, 2.75) is 51.9 Å². The predicted molar refractivity (Wildman–Crippen MR) is 152 cm³/mol. The maximum atomic E-state index is 4.94. The van der Waals surface area contributed by atoms with E-state index in [1.54, 1.807) is 0 Å². The maximum absolute atomic E-state index is 4.94. The van der Waals surface area contributed by atoms with E-state index in [1.807, 2.05) is 24.5 Å². The Morgan fingerprint density at radius 2 is 2.08 bits per heavy atom. The van der Waals surface area contributed by atoms with Gasteiger partial charge in [-0.1, -0.05) is 75.1 Å². The van der Waals surface area contributed by atoms with Crippen LogP contribution in [0.5, 0.6) is 0 Å². The minimum absolute atomic E-state index is 0.671. The molecule has 4 aromatic rings. The summed E-state index contributed by atoms with van der Waals surface area (Å²) in [6.07, 6.45) is 25.3. The number of H-pyrrole nitrogens is 2. The summed E-state index contributed by atoms with van der Waals surface area (Å²) in [4.78, 5) is 17.7. The molecular formula is C31H32N6. The lowest BCUT2D eigenvalue weighted by atomic mass is 9.84. The highest BCUT2D eigenvalue weighted by Crippen LogP contribution is 2.33. The van der Waals surface area contributed by atoms with E-state index in [9.17, 15) is 0 Å². The molecule has 0 saturated heterocycles. The molecule has 2 aliphatic rings. The van der Waals surface area contributed by atoms with Crippen molar-refractivity contribution in [1.82, 2.24) is 30.1 Å². The molecule has 6 rings (SSSR count). The van der Waals surface area contributed by atoms with Crippen LogP contribution in [0.25, 0.3) is 44.7 Å². The first-order valence-electron chi connectivity index (χ1n) is 13.3. The largest absolute Gasteiger partial charge is 0.337 e. The number of rotatable bonds is 7. The van der Waals surface area contributed by atoms with Crippen LogP contribution in [-0.2, 0) is 0 Å². The third kappa shape index (κ3) is 4.59. The number of nitrogens with one attached hydrogen (secondary N) is 2. The number of aromatic amines is 2. The molecule has 0 aromatic carbocycles. The van der Waals surface area contributed by atoms with Crippen molar-refractivity contribution < 1.29 is 0 Å². The fourth-order valence-corrected chi connectivity index (χ4v) is 5.60. The number of hydrogen-bond donors (Lipinski definition) is 2. The summed E-state index contributed by atoms with van der Waals surface area (Å²) in [5.41, 5.74) is 8.80. The van der Waals surface area contributed by atoms with Gasteiger partial charge in [-0.25, -0.2) is 9.97 Å². The molecule has 4 aromatic heterocycles. The average molecular weight is 489 g/mol. The predicted octanol–water partition coefficient (Wildman–Crippen LogP) is 7.73. The van der Waals surface area contributed by atoms with E-state index >= 15 is 0 Å². The molecule has 0 atom stereocenters. The molecule has 0 aliphatic heterocycles. The molecule has 1 fully saturated rings. The number of hydrogen-bond acceptors (Lipinski definition) is 4. The third-order valence-electron chi connectivity index (χ3n) is 7.59. The van der Waals surface area contributed by atoms with Gasteiger partial charge in [0, 0.05) is 18.0 Å². The molecule has 37 heavy (non-hydrogen) atoms. The number of pyridine rings is 2. The Balaban J connectivity index is 1.36. The molecule has 2 aliphatic carbocycles. The summed E-state index contributed by atoms with van der Waals surface area (Å²) in [6.45, 7) is 6.18. The standard InChI is InChI=1S/C31H32N6/c1-3-20(16-21-10-6-5-7-11-21)17-22(4-2)24-18-25-28(36-37-30(25)33-19-24)31-34-26-14-15-32-27(29(26)35-31)23-12-8-9-13-23/h3-4,8,12-15,17-19,21H,1,5-7,9-11,16H2,2H3,(H,34,35)(H,33,36,37)/b20-17+,22-4+. The summed E-state index contributed by atoms with van der Waals surface area (Å²) in [7, 11) is 0. The van der Waals surface area contributed by atoms with E-state index in [1.165, 1.54) is 37.7 Å². The SMILES string of the molecule is C=C/C(=C\C(=C/C)c1cnc2n[nH]c(-c3nc4c(C5=CCC=C5)nccc4[nH]3)c2c1)CC1CCCCC1. The van der Waals surface area contributed by atoms with Gasteiger partial charge in [-0.2, -0.15) is 5.10 Å². The van der Waals surface area contributed by atoms with Gasteiger partial charge in [0.05, 0.1) is 16.6 Å². The highest BCUT2D eigenvalue weighted by atomic mass is 15.2. The van der Waals surface area contributed by atoms with Crippen LogP contribution in [0.2, 0.25) is 0 Å². The normalized spacial score (nSPS) is 17.2. The van der Waals surface area contributed by atoms with E-state index in [0.29, 0.717) is 5.65 Å². The zero-order valence-electron chi connectivity index (χ0n) is 21.3. The molecule has 0 radical (unpaired) electrons. The van der Waals surface area contributed by atoms with Gasteiger partial charge < -0.3 is 4.98 Å². The van der Waals surface area contributed by atoms with Crippen LogP contribution in [0.3, 0.4) is 0 Å². The molecule has 0 bridgehead atoms. The zero-order valence-corrected chi connectivity index (χ0v) is 21.3. The van der Waals surface area contributed by atoms with Crippen molar-refractivity contribution in [2.24, 2.45) is 5.92 Å². The fraction of sp³-hybridized carbons (Fsp3) is 0.290. The van der Waals surface area contributed by atoms with Crippen molar-refractivity contribution in [3.05, 3.63) is 84.4 Å². The fourth-order valence-electron chi connectivity index (χ4n) is 5.60. The van der Waals surface area contributed by atoms with E-state index in [2.05, 4.69) is 75.1 Å². The Morgan fingerprint density at radius 1 is 1.19 bits per heavy atom. The number of nitrogens with zero attached hydrogens (tertiary/aromatic N) is 4. The van der Waals surface area contributed by atoms with E-state index in [4.69, 9.17) is 4.98 Å². The van der Waals surface area contributed by atoms with Gasteiger partial charge in [-0.05, 0) is 54.5 Å². The lowest BCUT2D eigenvalue weighted by Crippen LogP contribution is -2.06. The highest BCUT2D eigenvalue weighted by Gasteiger charge is 2.18. The quantitative estimate of drug-likeness (QED) is 0.261. The summed E-state index contributed by atoms with van der Waals surface area (Å²) < 4.78 is 0. The zero-order chi connectivity index (χ0) is 25.2. The molecule has 0 spiro atoms.